The summed E-state index contributed by atoms with van der Waals surface area (Å²) in [5.41, 5.74) is 1.85. The minimum atomic E-state index is -0.807. The van der Waals surface area contributed by atoms with Crippen molar-refractivity contribution in [1.82, 2.24) is 4.98 Å². The summed E-state index contributed by atoms with van der Waals surface area (Å²) in [5, 5.41) is 8.91. The Kier molecular flexibility index (Phi) is 5.76. The van der Waals surface area contributed by atoms with E-state index < -0.39 is 5.97 Å². The van der Waals surface area contributed by atoms with Gasteiger partial charge in [0, 0.05) is 27.4 Å². The Balaban J connectivity index is 2.21. The molecule has 21 heavy (non-hydrogen) atoms. The van der Waals surface area contributed by atoms with Crippen LogP contribution in [0.5, 0.6) is 0 Å². The average Bonchev–Trinajstić information content (AvgIpc) is 2.46. The molecule has 0 spiro atoms. The summed E-state index contributed by atoms with van der Waals surface area (Å²) in [6.07, 6.45) is 1.82. The van der Waals surface area contributed by atoms with Crippen LogP contribution in [0.25, 0.3) is 0 Å². The Bertz CT molecular complexity index is 620. The SMILES string of the molecule is O=C(O)CCN(Cc1ncc(Br)cc1Br)c1ccccc1. The van der Waals surface area contributed by atoms with Gasteiger partial charge in [-0.25, -0.2) is 0 Å². The Labute approximate surface area is 140 Å². The van der Waals surface area contributed by atoms with E-state index in [4.69, 9.17) is 5.11 Å². The van der Waals surface area contributed by atoms with Crippen LogP contribution in [0.1, 0.15) is 12.1 Å². The van der Waals surface area contributed by atoms with Crippen LogP contribution in [-0.4, -0.2) is 22.6 Å². The first-order valence-electron chi connectivity index (χ1n) is 6.38. The molecule has 1 heterocycles. The molecule has 0 amide bonds. The van der Waals surface area contributed by atoms with Gasteiger partial charge in [0.1, 0.15) is 0 Å². The highest BCUT2D eigenvalue weighted by molar-refractivity contribution is 9.11. The van der Waals surface area contributed by atoms with Gasteiger partial charge in [0.25, 0.3) is 0 Å². The van der Waals surface area contributed by atoms with E-state index in [-0.39, 0.29) is 6.42 Å². The largest absolute Gasteiger partial charge is 0.481 e. The molecule has 2 rings (SSSR count). The zero-order valence-corrected chi connectivity index (χ0v) is 14.3. The molecule has 0 saturated carbocycles. The van der Waals surface area contributed by atoms with E-state index in [1.165, 1.54) is 0 Å². The number of aliphatic carboxylic acids is 1. The Morgan fingerprint density at radius 3 is 2.57 bits per heavy atom. The molecule has 1 N–H and O–H groups in total. The second-order valence-electron chi connectivity index (χ2n) is 4.48. The number of rotatable bonds is 6. The molecule has 0 bridgehead atoms. The molecule has 6 heteroatoms. The van der Waals surface area contributed by atoms with E-state index in [2.05, 4.69) is 36.8 Å². The molecule has 0 fully saturated rings. The third kappa shape index (κ3) is 4.82. The number of hydrogen-bond donors (Lipinski definition) is 1. The molecule has 2 aromatic rings. The summed E-state index contributed by atoms with van der Waals surface area (Å²) in [6.45, 7) is 0.981. The topological polar surface area (TPSA) is 53.4 Å². The Morgan fingerprint density at radius 1 is 1.24 bits per heavy atom. The molecule has 1 aromatic heterocycles. The monoisotopic (exact) mass is 412 g/mol. The van der Waals surface area contributed by atoms with Gasteiger partial charge in [-0.05, 0) is 50.1 Å². The van der Waals surface area contributed by atoms with Gasteiger partial charge < -0.3 is 10.0 Å². The van der Waals surface area contributed by atoms with Crippen molar-refractivity contribution < 1.29 is 9.90 Å². The van der Waals surface area contributed by atoms with Crippen LogP contribution >= 0.6 is 31.9 Å². The van der Waals surface area contributed by atoms with Gasteiger partial charge in [-0.15, -0.1) is 0 Å². The third-order valence-electron chi connectivity index (χ3n) is 2.94. The quantitative estimate of drug-likeness (QED) is 0.774. The summed E-state index contributed by atoms with van der Waals surface area (Å²) in [7, 11) is 0. The first kappa shape index (κ1) is 16.0. The van der Waals surface area contributed by atoms with Gasteiger partial charge in [-0.3, -0.25) is 9.78 Å². The lowest BCUT2D eigenvalue weighted by molar-refractivity contribution is -0.136. The fraction of sp³-hybridized carbons (Fsp3) is 0.200. The van der Waals surface area contributed by atoms with E-state index in [1.54, 1.807) is 6.20 Å². The van der Waals surface area contributed by atoms with E-state index in [0.717, 1.165) is 20.3 Å². The van der Waals surface area contributed by atoms with Crippen LogP contribution < -0.4 is 4.90 Å². The number of anilines is 1. The molecular formula is C15H14Br2N2O2. The van der Waals surface area contributed by atoms with Crippen LogP contribution in [-0.2, 0) is 11.3 Å². The number of carbonyl (C=O) groups is 1. The van der Waals surface area contributed by atoms with Crippen molar-refractivity contribution in [2.75, 3.05) is 11.4 Å². The highest BCUT2D eigenvalue weighted by Gasteiger charge is 2.12. The maximum Gasteiger partial charge on any atom is 0.305 e. The molecule has 0 radical (unpaired) electrons. The minimum Gasteiger partial charge on any atom is -0.481 e. The summed E-state index contributed by atoms with van der Waals surface area (Å²) in [6, 6.07) is 11.7. The smallest absolute Gasteiger partial charge is 0.305 e. The predicted octanol–water partition coefficient (Wildman–Crippen LogP) is 4.09. The van der Waals surface area contributed by atoms with Crippen LogP contribution in [0.15, 0.2) is 51.5 Å². The standard InChI is InChI=1S/C15H14Br2N2O2/c16-11-8-13(17)14(18-9-11)10-19(7-6-15(20)21)12-4-2-1-3-5-12/h1-5,8-9H,6-7,10H2,(H,20,21). The highest BCUT2D eigenvalue weighted by Crippen LogP contribution is 2.23. The first-order valence-corrected chi connectivity index (χ1v) is 7.96. The average molecular weight is 414 g/mol. The Morgan fingerprint density at radius 2 is 1.95 bits per heavy atom. The molecule has 0 atom stereocenters. The lowest BCUT2D eigenvalue weighted by Gasteiger charge is -2.24. The summed E-state index contributed by atoms with van der Waals surface area (Å²) in [5.74, 6) is -0.807. The second kappa shape index (κ2) is 7.56. The van der Waals surface area contributed by atoms with Crippen molar-refractivity contribution in [3.8, 4) is 0 Å². The molecule has 0 aliphatic carbocycles. The minimum absolute atomic E-state index is 0.0864. The zero-order chi connectivity index (χ0) is 15.2. The fourth-order valence-electron chi connectivity index (χ4n) is 1.91. The summed E-state index contributed by atoms with van der Waals surface area (Å²) < 4.78 is 1.79. The van der Waals surface area contributed by atoms with Crippen molar-refractivity contribution in [2.45, 2.75) is 13.0 Å². The first-order chi connectivity index (χ1) is 10.1. The number of hydrogen-bond acceptors (Lipinski definition) is 3. The van der Waals surface area contributed by atoms with Crippen LogP contribution in [0.4, 0.5) is 5.69 Å². The van der Waals surface area contributed by atoms with E-state index in [0.29, 0.717) is 13.1 Å². The van der Waals surface area contributed by atoms with E-state index in [9.17, 15) is 4.79 Å². The number of halogens is 2. The van der Waals surface area contributed by atoms with Gasteiger partial charge >= 0.3 is 5.97 Å². The highest BCUT2D eigenvalue weighted by atomic mass is 79.9. The number of aromatic nitrogens is 1. The van der Waals surface area contributed by atoms with Crippen molar-refractivity contribution in [2.24, 2.45) is 0 Å². The van der Waals surface area contributed by atoms with Gasteiger partial charge in [0.15, 0.2) is 0 Å². The van der Waals surface area contributed by atoms with Crippen molar-refractivity contribution in [3.63, 3.8) is 0 Å². The van der Waals surface area contributed by atoms with Crippen molar-refractivity contribution in [3.05, 3.63) is 57.2 Å². The molecule has 110 valence electrons. The molecule has 1 aromatic carbocycles. The van der Waals surface area contributed by atoms with Gasteiger partial charge in [-0.1, -0.05) is 18.2 Å². The molecule has 0 aliphatic rings. The number of carboxylic acid groups (broad SMARTS) is 1. The normalized spacial score (nSPS) is 10.4. The van der Waals surface area contributed by atoms with Crippen molar-refractivity contribution in [1.29, 1.82) is 0 Å². The molecule has 0 aliphatic heterocycles. The van der Waals surface area contributed by atoms with Crippen LogP contribution in [0, 0.1) is 0 Å². The zero-order valence-electron chi connectivity index (χ0n) is 11.2. The maximum atomic E-state index is 10.8. The van der Waals surface area contributed by atoms with Crippen LogP contribution in [0.2, 0.25) is 0 Å². The lowest BCUT2D eigenvalue weighted by Crippen LogP contribution is -2.26. The molecular weight excluding hydrogens is 400 g/mol. The number of para-hydroxylation sites is 1. The lowest BCUT2D eigenvalue weighted by atomic mass is 10.2. The number of benzene rings is 1. The number of nitrogens with zero attached hydrogens (tertiary/aromatic N) is 2. The van der Waals surface area contributed by atoms with Crippen molar-refractivity contribution >= 4 is 43.5 Å². The Hall–Kier alpha value is -1.40. The molecule has 0 unspecified atom stereocenters. The number of carboxylic acids is 1. The summed E-state index contributed by atoms with van der Waals surface area (Å²) >= 11 is 6.87. The fourth-order valence-corrected chi connectivity index (χ4v) is 3.02. The third-order valence-corrected chi connectivity index (χ3v) is 4.06. The number of pyridine rings is 1. The molecule has 4 nitrogen and oxygen atoms in total. The van der Waals surface area contributed by atoms with Crippen LogP contribution in [0.3, 0.4) is 0 Å². The maximum absolute atomic E-state index is 10.8. The molecule has 0 saturated heterocycles. The van der Waals surface area contributed by atoms with Gasteiger partial charge in [0.05, 0.1) is 18.7 Å². The predicted molar refractivity (Wildman–Crippen MR) is 89.4 cm³/mol. The van der Waals surface area contributed by atoms with E-state index >= 15 is 0 Å². The second-order valence-corrected chi connectivity index (χ2v) is 6.25. The van der Waals surface area contributed by atoms with E-state index in [1.807, 2.05) is 41.3 Å². The van der Waals surface area contributed by atoms with Gasteiger partial charge in [0.2, 0.25) is 0 Å². The van der Waals surface area contributed by atoms with Gasteiger partial charge in [-0.2, -0.15) is 0 Å². The summed E-state index contributed by atoms with van der Waals surface area (Å²) in [4.78, 5) is 17.2.